The van der Waals surface area contributed by atoms with Crippen molar-refractivity contribution in [2.24, 2.45) is 5.92 Å². The number of nitrogens with zero attached hydrogens (tertiary/aromatic N) is 3. The molecule has 29 heavy (non-hydrogen) atoms. The maximum Gasteiger partial charge on any atom is 0.288 e. The smallest absolute Gasteiger partial charge is 0.288 e. The molecule has 0 saturated heterocycles. The van der Waals surface area contributed by atoms with Crippen molar-refractivity contribution >= 4 is 34.1 Å². The first-order valence-electron chi connectivity index (χ1n) is 9.07. The van der Waals surface area contributed by atoms with Gasteiger partial charge in [-0.15, -0.1) is 0 Å². The Morgan fingerprint density at radius 1 is 1.21 bits per heavy atom. The Balaban J connectivity index is 1.70. The highest BCUT2D eigenvalue weighted by molar-refractivity contribution is 6.00. The van der Waals surface area contributed by atoms with E-state index in [1.54, 1.807) is 31.5 Å². The number of carbonyl (C=O) groups excluding carboxylic acids is 2. The van der Waals surface area contributed by atoms with Gasteiger partial charge < -0.3 is 16.4 Å². The molecule has 4 rings (SSSR count). The van der Waals surface area contributed by atoms with Crippen LogP contribution in [0.4, 0.5) is 15.9 Å². The molecule has 148 valence electrons. The second-order valence-electron chi connectivity index (χ2n) is 6.98. The number of benzene rings is 1. The van der Waals surface area contributed by atoms with Gasteiger partial charge >= 0.3 is 0 Å². The normalized spacial score (nSPS) is 17.8. The monoisotopic (exact) mass is 394 g/mol. The van der Waals surface area contributed by atoms with E-state index in [0.29, 0.717) is 17.2 Å². The number of nitrogens with one attached hydrogen (secondary N) is 2. The summed E-state index contributed by atoms with van der Waals surface area (Å²) in [6.45, 7) is 1.78. The number of rotatable bonds is 4. The lowest BCUT2D eigenvalue weighted by molar-refractivity contribution is -0.117. The van der Waals surface area contributed by atoms with E-state index in [-0.39, 0.29) is 24.1 Å². The van der Waals surface area contributed by atoms with Gasteiger partial charge in [0.15, 0.2) is 0 Å². The summed E-state index contributed by atoms with van der Waals surface area (Å²) in [4.78, 5) is 36.3. The topological polar surface area (TPSA) is 123 Å². The minimum Gasteiger partial charge on any atom is -0.398 e. The van der Waals surface area contributed by atoms with Gasteiger partial charge in [0, 0.05) is 41.8 Å². The van der Waals surface area contributed by atoms with Crippen LogP contribution in [0.25, 0.3) is 21.9 Å². The van der Waals surface area contributed by atoms with Crippen molar-refractivity contribution in [3.8, 4) is 11.1 Å². The molecule has 3 aromatic rings. The molecule has 0 spiro atoms. The third kappa shape index (κ3) is 3.58. The van der Waals surface area contributed by atoms with Crippen LogP contribution in [-0.2, 0) is 4.79 Å². The quantitative estimate of drug-likeness (QED) is 0.583. The number of aryl methyl sites for hydroxylation is 1. The first-order valence-corrected chi connectivity index (χ1v) is 9.07. The number of halogens is 1. The Hall–Kier alpha value is -3.62. The Morgan fingerprint density at radius 3 is 2.62 bits per heavy atom. The molecule has 0 aliphatic heterocycles. The third-order valence-electron chi connectivity index (χ3n) is 4.89. The summed E-state index contributed by atoms with van der Waals surface area (Å²) >= 11 is 0. The lowest BCUT2D eigenvalue weighted by Gasteiger charge is -2.11. The summed E-state index contributed by atoms with van der Waals surface area (Å²) in [5, 5.41) is 6.61. The van der Waals surface area contributed by atoms with Gasteiger partial charge in [-0.3, -0.25) is 9.59 Å². The fraction of sp³-hybridized carbons (Fsp3) is 0.250. The van der Waals surface area contributed by atoms with E-state index in [1.165, 1.54) is 7.05 Å². The van der Waals surface area contributed by atoms with Gasteiger partial charge in [0.05, 0.1) is 5.92 Å². The fourth-order valence-corrected chi connectivity index (χ4v) is 3.14. The van der Waals surface area contributed by atoms with E-state index in [1.807, 2.05) is 6.07 Å². The number of nitrogens with two attached hydrogens (primary N) is 1. The van der Waals surface area contributed by atoms with Crippen molar-refractivity contribution in [3.05, 3.63) is 42.1 Å². The highest BCUT2D eigenvalue weighted by atomic mass is 19.1. The highest BCUT2D eigenvalue weighted by Gasteiger charge is 2.43. The molecule has 1 saturated carbocycles. The second-order valence-corrected chi connectivity index (χ2v) is 6.98. The number of fused-ring (bicyclic) bond motifs is 1. The van der Waals surface area contributed by atoms with E-state index in [0.717, 1.165) is 21.9 Å². The van der Waals surface area contributed by atoms with E-state index < -0.39 is 12.1 Å². The summed E-state index contributed by atoms with van der Waals surface area (Å²) in [7, 11) is 1.51. The summed E-state index contributed by atoms with van der Waals surface area (Å²) in [6.07, 6.45) is 2.33. The van der Waals surface area contributed by atoms with Gasteiger partial charge in [-0.2, -0.15) is 0 Å². The first kappa shape index (κ1) is 18.7. The summed E-state index contributed by atoms with van der Waals surface area (Å²) in [5.41, 5.74) is 8.82. The second kappa shape index (κ2) is 7.08. The van der Waals surface area contributed by atoms with Gasteiger partial charge in [-0.25, -0.2) is 19.3 Å². The molecule has 2 atom stereocenters. The molecule has 8 nitrogen and oxygen atoms in total. The molecule has 1 fully saturated rings. The Labute approximate surface area is 165 Å². The average molecular weight is 394 g/mol. The van der Waals surface area contributed by atoms with Crippen LogP contribution in [0.5, 0.6) is 0 Å². The van der Waals surface area contributed by atoms with Crippen LogP contribution in [0.2, 0.25) is 0 Å². The van der Waals surface area contributed by atoms with Crippen LogP contribution in [0.15, 0.2) is 30.6 Å². The number of pyridine rings is 1. The predicted molar refractivity (Wildman–Crippen MR) is 107 cm³/mol. The number of hydrogen-bond donors (Lipinski definition) is 3. The number of amides is 2. The van der Waals surface area contributed by atoms with E-state index in [9.17, 15) is 14.0 Å². The third-order valence-corrected chi connectivity index (χ3v) is 4.89. The number of hydrogen-bond acceptors (Lipinski definition) is 6. The fourth-order valence-electron chi connectivity index (χ4n) is 3.14. The minimum atomic E-state index is -1.07. The Bertz CT molecular complexity index is 1150. The predicted octanol–water partition coefficient (Wildman–Crippen LogP) is 2.24. The minimum absolute atomic E-state index is 0.0861. The van der Waals surface area contributed by atoms with Crippen LogP contribution in [-0.4, -0.2) is 40.0 Å². The largest absolute Gasteiger partial charge is 0.398 e. The molecule has 1 aliphatic carbocycles. The van der Waals surface area contributed by atoms with E-state index in [2.05, 4.69) is 25.6 Å². The van der Waals surface area contributed by atoms with Gasteiger partial charge in [-0.1, -0.05) is 0 Å². The number of nitrogen functional groups attached to an aromatic ring is 1. The lowest BCUT2D eigenvalue weighted by Crippen LogP contribution is -2.21. The van der Waals surface area contributed by atoms with E-state index >= 15 is 0 Å². The van der Waals surface area contributed by atoms with Crippen LogP contribution in [0.3, 0.4) is 0 Å². The maximum absolute atomic E-state index is 13.1. The maximum atomic E-state index is 13.1. The summed E-state index contributed by atoms with van der Waals surface area (Å²) < 4.78 is 13.1. The molecular weight excluding hydrogens is 375 g/mol. The van der Waals surface area contributed by atoms with Crippen molar-refractivity contribution in [2.75, 3.05) is 18.1 Å². The van der Waals surface area contributed by atoms with Gasteiger partial charge in [0.2, 0.25) is 11.7 Å². The first-order chi connectivity index (χ1) is 13.9. The molecule has 1 aromatic carbocycles. The molecule has 2 heterocycles. The molecule has 4 N–H and O–H groups in total. The van der Waals surface area contributed by atoms with Crippen LogP contribution >= 0.6 is 0 Å². The van der Waals surface area contributed by atoms with Gasteiger partial charge in [0.1, 0.15) is 12.0 Å². The molecule has 0 radical (unpaired) electrons. The Kier molecular flexibility index (Phi) is 4.57. The highest BCUT2D eigenvalue weighted by Crippen LogP contribution is 2.35. The van der Waals surface area contributed by atoms with Crippen molar-refractivity contribution in [3.63, 3.8) is 0 Å². The Morgan fingerprint density at radius 2 is 1.97 bits per heavy atom. The molecule has 2 amide bonds. The molecule has 9 heteroatoms. The SMILES string of the molecule is CNC(=O)c1ncc(-c2cc(N)c3cnc(NC(=O)[C@@H]4C[C@@H]4F)cc3c2)c(C)n1. The average Bonchev–Trinajstić information content (AvgIpc) is 3.43. The zero-order valence-electron chi connectivity index (χ0n) is 15.9. The van der Waals surface area contributed by atoms with Crippen LogP contribution < -0.4 is 16.4 Å². The summed E-state index contributed by atoms with van der Waals surface area (Å²) in [5.74, 6) is -0.913. The van der Waals surface area contributed by atoms with Crippen molar-refractivity contribution in [1.82, 2.24) is 20.3 Å². The van der Waals surface area contributed by atoms with Crippen molar-refractivity contribution in [1.29, 1.82) is 0 Å². The zero-order valence-corrected chi connectivity index (χ0v) is 15.9. The van der Waals surface area contributed by atoms with Crippen LogP contribution in [0.1, 0.15) is 22.7 Å². The zero-order chi connectivity index (χ0) is 20.7. The number of alkyl halides is 1. The van der Waals surface area contributed by atoms with Crippen molar-refractivity contribution < 1.29 is 14.0 Å². The molecular formula is C20H19FN6O2. The molecule has 1 aliphatic rings. The number of anilines is 2. The molecule has 2 aromatic heterocycles. The standard InChI is InChI=1S/C20H19FN6O2/c1-9-13(7-25-18(26-9)20(29)23-2)10-3-11-5-17(24-8-14(11)16(22)4-10)27-19(28)12-6-15(12)21/h3-5,7-8,12,15H,6,22H2,1-2H3,(H,23,29)(H,24,27,28)/t12-,15+/m1/s1. The van der Waals surface area contributed by atoms with E-state index in [4.69, 9.17) is 5.73 Å². The van der Waals surface area contributed by atoms with Crippen molar-refractivity contribution in [2.45, 2.75) is 19.5 Å². The van der Waals surface area contributed by atoms with Crippen LogP contribution in [0, 0.1) is 12.8 Å². The molecule has 0 bridgehead atoms. The molecule has 0 unspecified atom stereocenters. The van der Waals surface area contributed by atoms with Gasteiger partial charge in [0.25, 0.3) is 5.91 Å². The number of carbonyl (C=O) groups is 2. The van der Waals surface area contributed by atoms with Gasteiger partial charge in [-0.05, 0) is 42.5 Å². The number of aromatic nitrogens is 3. The lowest BCUT2D eigenvalue weighted by atomic mass is 10.0. The summed E-state index contributed by atoms with van der Waals surface area (Å²) in [6, 6.07) is 5.35.